The van der Waals surface area contributed by atoms with E-state index in [4.69, 9.17) is 0 Å². The van der Waals surface area contributed by atoms with E-state index in [1.807, 2.05) is 0 Å². The van der Waals surface area contributed by atoms with Crippen molar-refractivity contribution in [3.63, 3.8) is 0 Å². The third-order valence-electron chi connectivity index (χ3n) is 4.93. The van der Waals surface area contributed by atoms with Crippen LogP contribution in [0.5, 0.6) is 0 Å². The van der Waals surface area contributed by atoms with E-state index >= 15 is 0 Å². The Morgan fingerprint density at radius 2 is 1.60 bits per heavy atom. The lowest BCUT2D eigenvalue weighted by molar-refractivity contribution is -0.143. The maximum atomic E-state index is 12.0. The standard InChI is InChI=1S/C16H27NO3/c18-15(11-10-12-6-4-5-7-12)17-14-9-3-1-2-8-13(14)16(19)20/h12-14H,1-11H2,(H,17,18)(H,19,20). The van der Waals surface area contributed by atoms with Crippen LogP contribution in [0.3, 0.4) is 0 Å². The predicted molar refractivity (Wildman–Crippen MR) is 77.3 cm³/mol. The first kappa shape index (κ1) is 15.3. The lowest BCUT2D eigenvalue weighted by Crippen LogP contribution is -2.42. The number of hydrogen-bond donors (Lipinski definition) is 2. The molecule has 0 spiro atoms. The highest BCUT2D eigenvalue weighted by atomic mass is 16.4. The number of hydrogen-bond acceptors (Lipinski definition) is 2. The molecule has 0 radical (unpaired) electrons. The van der Waals surface area contributed by atoms with Gasteiger partial charge in [0.1, 0.15) is 0 Å². The second kappa shape index (κ2) is 7.65. The minimum Gasteiger partial charge on any atom is -0.481 e. The molecule has 20 heavy (non-hydrogen) atoms. The predicted octanol–water partition coefficient (Wildman–Crippen LogP) is 3.11. The molecular weight excluding hydrogens is 254 g/mol. The van der Waals surface area contributed by atoms with Crippen molar-refractivity contribution in [3.8, 4) is 0 Å². The van der Waals surface area contributed by atoms with Gasteiger partial charge in [-0.3, -0.25) is 9.59 Å². The summed E-state index contributed by atoms with van der Waals surface area (Å²) < 4.78 is 0. The summed E-state index contributed by atoms with van der Waals surface area (Å²) in [6, 6.07) is -0.161. The molecule has 114 valence electrons. The highest BCUT2D eigenvalue weighted by molar-refractivity contribution is 5.78. The number of rotatable bonds is 5. The number of carbonyl (C=O) groups excluding carboxylic acids is 1. The molecule has 4 nitrogen and oxygen atoms in total. The number of carboxylic acid groups (broad SMARTS) is 1. The van der Waals surface area contributed by atoms with Crippen LogP contribution in [0.15, 0.2) is 0 Å². The quantitative estimate of drug-likeness (QED) is 0.761. The summed E-state index contributed by atoms with van der Waals surface area (Å²) in [5.41, 5.74) is 0. The Morgan fingerprint density at radius 1 is 0.950 bits per heavy atom. The van der Waals surface area contributed by atoms with Gasteiger partial charge in [-0.2, -0.15) is 0 Å². The van der Waals surface area contributed by atoms with Gasteiger partial charge in [0.25, 0.3) is 0 Å². The van der Waals surface area contributed by atoms with E-state index < -0.39 is 11.9 Å². The summed E-state index contributed by atoms with van der Waals surface area (Å²) >= 11 is 0. The normalized spacial score (nSPS) is 28.0. The Balaban J connectivity index is 1.79. The number of carboxylic acids is 1. The molecule has 0 saturated heterocycles. The molecule has 4 heteroatoms. The topological polar surface area (TPSA) is 66.4 Å². The molecule has 2 N–H and O–H groups in total. The molecule has 0 aliphatic heterocycles. The lowest BCUT2D eigenvalue weighted by atomic mass is 9.94. The van der Waals surface area contributed by atoms with Crippen LogP contribution in [0.4, 0.5) is 0 Å². The molecule has 2 saturated carbocycles. The minimum atomic E-state index is -0.756. The van der Waals surface area contributed by atoms with Gasteiger partial charge in [0.2, 0.25) is 5.91 Å². The maximum absolute atomic E-state index is 12.0. The first-order valence-corrected chi connectivity index (χ1v) is 8.19. The number of carbonyl (C=O) groups is 2. The van der Waals surface area contributed by atoms with Gasteiger partial charge in [-0.15, -0.1) is 0 Å². The Labute approximate surface area is 121 Å². The molecule has 2 unspecified atom stereocenters. The van der Waals surface area contributed by atoms with Crippen LogP contribution in [-0.2, 0) is 9.59 Å². The van der Waals surface area contributed by atoms with Gasteiger partial charge in [-0.1, -0.05) is 44.9 Å². The van der Waals surface area contributed by atoms with Crippen molar-refractivity contribution in [2.75, 3.05) is 0 Å². The average molecular weight is 281 g/mol. The summed E-state index contributed by atoms with van der Waals surface area (Å²) in [5, 5.41) is 12.3. The van der Waals surface area contributed by atoms with Crippen LogP contribution in [0.2, 0.25) is 0 Å². The molecule has 2 aliphatic carbocycles. The van der Waals surface area contributed by atoms with Crippen molar-refractivity contribution in [1.82, 2.24) is 5.32 Å². The Hall–Kier alpha value is -1.06. The van der Waals surface area contributed by atoms with Crippen molar-refractivity contribution in [2.24, 2.45) is 11.8 Å². The molecule has 2 aliphatic rings. The number of amides is 1. The third-order valence-corrected chi connectivity index (χ3v) is 4.93. The summed E-state index contributed by atoms with van der Waals surface area (Å²) in [7, 11) is 0. The molecule has 2 rings (SSSR count). The minimum absolute atomic E-state index is 0.0510. The molecule has 0 bridgehead atoms. The highest BCUT2D eigenvalue weighted by Crippen LogP contribution is 2.29. The Kier molecular flexibility index (Phi) is 5.86. The summed E-state index contributed by atoms with van der Waals surface area (Å²) in [6.07, 6.45) is 11.2. The number of aliphatic carboxylic acids is 1. The maximum Gasteiger partial charge on any atom is 0.308 e. The second-order valence-electron chi connectivity index (χ2n) is 6.45. The van der Waals surface area contributed by atoms with Gasteiger partial charge in [0, 0.05) is 12.5 Å². The van der Waals surface area contributed by atoms with Crippen molar-refractivity contribution in [1.29, 1.82) is 0 Å². The lowest BCUT2D eigenvalue weighted by Gasteiger charge is -2.23. The van der Waals surface area contributed by atoms with Crippen LogP contribution in [0.1, 0.15) is 70.6 Å². The molecule has 0 heterocycles. The van der Waals surface area contributed by atoms with Crippen LogP contribution in [0, 0.1) is 11.8 Å². The van der Waals surface area contributed by atoms with Crippen molar-refractivity contribution in [3.05, 3.63) is 0 Å². The molecule has 0 aromatic carbocycles. The first-order chi connectivity index (χ1) is 9.66. The summed E-state index contributed by atoms with van der Waals surface area (Å²) in [4.78, 5) is 23.4. The van der Waals surface area contributed by atoms with Gasteiger partial charge < -0.3 is 10.4 Å². The van der Waals surface area contributed by atoms with Crippen LogP contribution < -0.4 is 5.32 Å². The van der Waals surface area contributed by atoms with Gasteiger partial charge in [-0.25, -0.2) is 0 Å². The fourth-order valence-corrected chi connectivity index (χ4v) is 3.69. The van der Waals surface area contributed by atoms with E-state index in [1.165, 1.54) is 25.7 Å². The van der Waals surface area contributed by atoms with Crippen LogP contribution in [-0.4, -0.2) is 23.0 Å². The first-order valence-electron chi connectivity index (χ1n) is 8.19. The zero-order valence-electron chi connectivity index (χ0n) is 12.3. The Bertz CT molecular complexity index is 337. The highest BCUT2D eigenvalue weighted by Gasteiger charge is 2.30. The molecule has 0 aromatic heterocycles. The number of nitrogens with one attached hydrogen (secondary N) is 1. The van der Waals surface area contributed by atoms with Crippen LogP contribution >= 0.6 is 0 Å². The average Bonchev–Trinajstić information content (AvgIpc) is 2.82. The summed E-state index contributed by atoms with van der Waals surface area (Å²) in [6.45, 7) is 0. The fourth-order valence-electron chi connectivity index (χ4n) is 3.69. The smallest absolute Gasteiger partial charge is 0.308 e. The van der Waals surface area contributed by atoms with E-state index in [2.05, 4.69) is 5.32 Å². The van der Waals surface area contributed by atoms with Gasteiger partial charge >= 0.3 is 5.97 Å². The van der Waals surface area contributed by atoms with Crippen molar-refractivity contribution < 1.29 is 14.7 Å². The Morgan fingerprint density at radius 3 is 2.30 bits per heavy atom. The largest absolute Gasteiger partial charge is 0.481 e. The third kappa shape index (κ3) is 4.50. The van der Waals surface area contributed by atoms with Crippen LogP contribution in [0.25, 0.3) is 0 Å². The second-order valence-corrected chi connectivity index (χ2v) is 6.45. The van der Waals surface area contributed by atoms with E-state index in [0.29, 0.717) is 18.8 Å². The fraction of sp³-hybridized carbons (Fsp3) is 0.875. The monoisotopic (exact) mass is 281 g/mol. The molecular formula is C16H27NO3. The zero-order valence-corrected chi connectivity index (χ0v) is 12.3. The molecule has 0 aromatic rings. The molecule has 1 amide bonds. The van der Waals surface area contributed by atoms with Gasteiger partial charge in [-0.05, 0) is 25.2 Å². The summed E-state index contributed by atoms with van der Waals surface area (Å²) in [5.74, 6) is -0.388. The zero-order chi connectivity index (χ0) is 14.4. The molecule has 2 atom stereocenters. The van der Waals surface area contributed by atoms with E-state index in [9.17, 15) is 14.7 Å². The van der Waals surface area contributed by atoms with E-state index in [-0.39, 0.29) is 11.9 Å². The SMILES string of the molecule is O=C(CCC1CCCC1)NC1CCCCCC1C(=O)O. The van der Waals surface area contributed by atoms with Gasteiger partial charge in [0.05, 0.1) is 5.92 Å². The van der Waals surface area contributed by atoms with Crippen molar-refractivity contribution >= 4 is 11.9 Å². The van der Waals surface area contributed by atoms with E-state index in [0.717, 1.165) is 32.1 Å². The van der Waals surface area contributed by atoms with Crippen molar-refractivity contribution in [2.45, 2.75) is 76.7 Å². The van der Waals surface area contributed by atoms with E-state index in [1.54, 1.807) is 0 Å². The van der Waals surface area contributed by atoms with Gasteiger partial charge in [0.15, 0.2) is 0 Å². The molecule has 2 fully saturated rings.